The highest BCUT2D eigenvalue weighted by atomic mass is 16.2. The maximum absolute atomic E-state index is 13.4. The molecule has 10 nitrogen and oxygen atoms in total. The molecule has 0 aliphatic carbocycles. The molecule has 4 aromatic rings. The third-order valence-corrected chi connectivity index (χ3v) is 5.24. The van der Waals surface area contributed by atoms with E-state index in [2.05, 4.69) is 19.9 Å². The second-order valence-corrected chi connectivity index (χ2v) is 7.24. The van der Waals surface area contributed by atoms with Crippen LogP contribution in [0, 0.1) is 6.92 Å². The van der Waals surface area contributed by atoms with Crippen molar-refractivity contribution in [3.05, 3.63) is 83.4 Å². The van der Waals surface area contributed by atoms with Gasteiger partial charge in [0.25, 0.3) is 11.8 Å². The molecule has 0 radical (unpaired) electrons. The van der Waals surface area contributed by atoms with Crippen LogP contribution in [0.3, 0.4) is 0 Å². The number of carbonyl (C=O) groups excluding carboxylic acids is 4. The lowest BCUT2D eigenvalue weighted by molar-refractivity contribution is -0.107. The highest BCUT2D eigenvalue weighted by Crippen LogP contribution is 2.31. The molecule has 0 atom stereocenters. The van der Waals surface area contributed by atoms with Crippen LogP contribution in [0.4, 0.5) is 11.9 Å². The predicted octanol–water partition coefficient (Wildman–Crippen LogP) is 2.62. The van der Waals surface area contributed by atoms with Crippen LogP contribution in [0.25, 0.3) is 10.8 Å². The molecule has 0 unspecified atom stereocenters. The largest absolute Gasteiger partial charge is 0.298 e. The van der Waals surface area contributed by atoms with E-state index in [0.29, 0.717) is 23.6 Å². The third kappa shape index (κ3) is 3.88. The number of rotatable bonds is 6. The van der Waals surface area contributed by atoms with Crippen molar-refractivity contribution in [1.29, 1.82) is 0 Å². The average Bonchev–Trinajstić information content (AvgIpc) is 2.89. The van der Waals surface area contributed by atoms with Crippen molar-refractivity contribution in [2.24, 2.45) is 0 Å². The van der Waals surface area contributed by atoms with Crippen molar-refractivity contribution in [1.82, 2.24) is 19.9 Å². The number of anilines is 2. The van der Waals surface area contributed by atoms with Crippen LogP contribution in [0.15, 0.2) is 61.2 Å². The molecule has 0 saturated heterocycles. The van der Waals surface area contributed by atoms with Gasteiger partial charge in [-0.1, -0.05) is 12.1 Å². The topological polar surface area (TPSA) is 126 Å². The maximum Gasteiger partial charge on any atom is 0.267 e. The number of aldehydes is 1. The van der Waals surface area contributed by atoms with Crippen molar-refractivity contribution >= 4 is 47.2 Å². The van der Waals surface area contributed by atoms with Gasteiger partial charge in [-0.2, -0.15) is 0 Å². The number of hydrogen-bond donors (Lipinski definition) is 0. The lowest BCUT2D eigenvalue weighted by Gasteiger charge is -2.20. The molecule has 0 N–H and O–H groups in total. The summed E-state index contributed by atoms with van der Waals surface area (Å²) in [5.41, 5.74) is 1.15. The van der Waals surface area contributed by atoms with Crippen molar-refractivity contribution < 1.29 is 19.2 Å². The van der Waals surface area contributed by atoms with Gasteiger partial charge in [0, 0.05) is 53.9 Å². The van der Waals surface area contributed by atoms with Crippen LogP contribution >= 0.6 is 0 Å². The number of amides is 3. The summed E-state index contributed by atoms with van der Waals surface area (Å²) in [5, 5.41) is 0.652. The molecule has 34 heavy (non-hydrogen) atoms. The molecule has 2 aromatic carbocycles. The van der Waals surface area contributed by atoms with Gasteiger partial charge < -0.3 is 0 Å². The van der Waals surface area contributed by atoms with E-state index in [-0.39, 0.29) is 34.0 Å². The monoisotopic (exact) mass is 454 g/mol. The predicted molar refractivity (Wildman–Crippen MR) is 124 cm³/mol. The van der Waals surface area contributed by atoms with E-state index in [4.69, 9.17) is 0 Å². The first-order valence-electron chi connectivity index (χ1n) is 10.1. The van der Waals surface area contributed by atoms with Crippen LogP contribution in [0.2, 0.25) is 0 Å². The lowest BCUT2D eigenvalue weighted by Crippen LogP contribution is -2.32. The van der Waals surface area contributed by atoms with Gasteiger partial charge in [0.1, 0.15) is 0 Å². The molecule has 0 aliphatic rings. The zero-order chi connectivity index (χ0) is 24.2. The normalized spacial score (nSPS) is 10.5. The third-order valence-electron chi connectivity index (χ3n) is 5.24. The summed E-state index contributed by atoms with van der Waals surface area (Å²) in [6.45, 7) is 1.75. The standard InChI is InChI=1S/C24H18N6O4/c1-15-5-6-16(13-31)20-18(21(33)29(2)23-25-9-3-10-26-23)8-7-17(19(15)20)22(34)30(14-32)24-27-11-4-12-28-24/h3-14H,1-2H3. The van der Waals surface area contributed by atoms with Gasteiger partial charge in [-0.05, 0) is 42.1 Å². The fourth-order valence-electron chi connectivity index (χ4n) is 3.62. The van der Waals surface area contributed by atoms with Crippen LogP contribution < -0.4 is 9.80 Å². The van der Waals surface area contributed by atoms with E-state index in [1.165, 1.54) is 48.9 Å². The second kappa shape index (κ2) is 9.33. The van der Waals surface area contributed by atoms with E-state index in [1.54, 1.807) is 31.2 Å². The zero-order valence-electron chi connectivity index (χ0n) is 18.2. The molecule has 0 fully saturated rings. The van der Waals surface area contributed by atoms with Crippen LogP contribution in [0.5, 0.6) is 0 Å². The van der Waals surface area contributed by atoms with Crippen molar-refractivity contribution in [3.63, 3.8) is 0 Å². The van der Waals surface area contributed by atoms with Gasteiger partial charge >= 0.3 is 0 Å². The Morgan fingerprint density at radius 1 is 0.765 bits per heavy atom. The molecule has 4 rings (SSSR count). The number of aromatic nitrogens is 4. The number of benzene rings is 2. The summed E-state index contributed by atoms with van der Waals surface area (Å²) in [6.07, 6.45) is 6.76. The molecule has 0 saturated carbocycles. The van der Waals surface area contributed by atoms with E-state index in [9.17, 15) is 19.2 Å². The van der Waals surface area contributed by atoms with Crippen molar-refractivity contribution in [2.75, 3.05) is 16.8 Å². The summed E-state index contributed by atoms with van der Waals surface area (Å²) >= 11 is 0. The average molecular weight is 454 g/mol. The van der Waals surface area contributed by atoms with E-state index in [1.807, 2.05) is 0 Å². The van der Waals surface area contributed by atoms with E-state index in [0.717, 1.165) is 4.90 Å². The van der Waals surface area contributed by atoms with Gasteiger partial charge in [0.15, 0.2) is 6.29 Å². The molecule has 10 heteroatoms. The summed E-state index contributed by atoms with van der Waals surface area (Å²) in [7, 11) is 1.51. The van der Waals surface area contributed by atoms with Crippen LogP contribution in [-0.4, -0.2) is 51.5 Å². The van der Waals surface area contributed by atoms with E-state index >= 15 is 0 Å². The summed E-state index contributed by atoms with van der Waals surface area (Å²) in [4.78, 5) is 68.6. The van der Waals surface area contributed by atoms with Gasteiger partial charge in [0.2, 0.25) is 18.3 Å². The highest BCUT2D eigenvalue weighted by molar-refractivity contribution is 6.25. The first kappa shape index (κ1) is 22.3. The summed E-state index contributed by atoms with van der Waals surface area (Å²) < 4.78 is 0. The molecular weight excluding hydrogens is 436 g/mol. The number of carbonyl (C=O) groups is 4. The fraction of sp³-hybridized carbons (Fsp3) is 0.0833. The second-order valence-electron chi connectivity index (χ2n) is 7.24. The fourth-order valence-corrected chi connectivity index (χ4v) is 3.62. The van der Waals surface area contributed by atoms with Crippen molar-refractivity contribution in [2.45, 2.75) is 6.92 Å². The Bertz CT molecular complexity index is 1410. The Morgan fingerprint density at radius 3 is 1.88 bits per heavy atom. The minimum atomic E-state index is -0.698. The minimum Gasteiger partial charge on any atom is -0.298 e. The molecule has 0 aliphatic heterocycles. The molecule has 0 spiro atoms. The van der Waals surface area contributed by atoms with Crippen molar-refractivity contribution in [3.8, 4) is 0 Å². The Labute approximate surface area is 193 Å². The summed E-state index contributed by atoms with van der Waals surface area (Å²) in [5.74, 6) is -1.09. The molecule has 2 heterocycles. The van der Waals surface area contributed by atoms with E-state index < -0.39 is 11.8 Å². The van der Waals surface area contributed by atoms with Gasteiger partial charge in [-0.3, -0.25) is 24.1 Å². The Hall–Kier alpha value is -4.86. The molecular formula is C24H18N6O4. The SMILES string of the molecule is Cc1ccc(C=O)c2c(C(=O)N(C)c3ncccn3)ccc(C(=O)N(C=O)c3ncccn3)c12. The smallest absolute Gasteiger partial charge is 0.267 e. The Kier molecular flexibility index (Phi) is 6.13. The van der Waals surface area contributed by atoms with Gasteiger partial charge in [0.05, 0.1) is 0 Å². The van der Waals surface area contributed by atoms with Gasteiger partial charge in [-0.25, -0.2) is 24.8 Å². The summed E-state index contributed by atoms with van der Waals surface area (Å²) in [6, 6.07) is 9.32. The highest BCUT2D eigenvalue weighted by Gasteiger charge is 2.26. The Morgan fingerprint density at radius 2 is 1.32 bits per heavy atom. The van der Waals surface area contributed by atoms with Gasteiger partial charge in [-0.15, -0.1) is 0 Å². The first-order valence-corrected chi connectivity index (χ1v) is 10.1. The number of fused-ring (bicyclic) bond motifs is 1. The Balaban J connectivity index is 1.92. The molecule has 2 aromatic heterocycles. The van der Waals surface area contributed by atoms with Crippen LogP contribution in [-0.2, 0) is 4.79 Å². The number of hydrogen-bond acceptors (Lipinski definition) is 8. The number of aryl methyl sites for hydroxylation is 1. The molecule has 0 bridgehead atoms. The quantitative estimate of drug-likeness (QED) is 0.407. The zero-order valence-corrected chi connectivity index (χ0v) is 18.2. The number of nitrogens with zero attached hydrogens (tertiary/aromatic N) is 6. The minimum absolute atomic E-state index is 0.0963. The first-order chi connectivity index (χ1) is 16.5. The molecule has 3 amide bonds. The maximum atomic E-state index is 13.4. The van der Waals surface area contributed by atoms with Crippen LogP contribution in [0.1, 0.15) is 36.6 Å². The molecule has 168 valence electrons. The number of imide groups is 1. The lowest BCUT2D eigenvalue weighted by atomic mass is 9.91.